The summed E-state index contributed by atoms with van der Waals surface area (Å²) >= 11 is 0. The molecule has 2 atom stereocenters. The molecule has 1 amide bonds. The third kappa shape index (κ3) is 3.39. The lowest BCUT2D eigenvalue weighted by Crippen LogP contribution is -2.51. The fourth-order valence-corrected chi connectivity index (χ4v) is 3.39. The van der Waals surface area contributed by atoms with E-state index in [1.54, 1.807) is 0 Å². The molecule has 2 aliphatic heterocycles. The van der Waals surface area contributed by atoms with Gasteiger partial charge in [0.25, 0.3) is 0 Å². The summed E-state index contributed by atoms with van der Waals surface area (Å²) in [6.07, 6.45) is 3.35. The summed E-state index contributed by atoms with van der Waals surface area (Å²) in [7, 11) is 2.01. The molecule has 1 aromatic carbocycles. The largest absolute Gasteiger partial charge is 0.316 e. The molecule has 2 fully saturated rings. The summed E-state index contributed by atoms with van der Waals surface area (Å²) < 4.78 is 0. The molecule has 5 heteroatoms. The molecule has 1 N–H and O–H groups in total. The molecular formula is C16H24ClN3O. The molecule has 2 saturated heterocycles. The summed E-state index contributed by atoms with van der Waals surface area (Å²) in [5.74, 6) is 0.271. The first-order valence-corrected chi connectivity index (χ1v) is 7.57. The zero-order chi connectivity index (χ0) is 13.9. The minimum absolute atomic E-state index is 0. The van der Waals surface area contributed by atoms with Crippen LogP contribution in [0.4, 0.5) is 5.69 Å². The van der Waals surface area contributed by atoms with Crippen molar-refractivity contribution in [1.29, 1.82) is 0 Å². The number of carbonyl (C=O) groups is 1. The van der Waals surface area contributed by atoms with Crippen molar-refractivity contribution in [3.05, 3.63) is 30.3 Å². The van der Waals surface area contributed by atoms with Crippen molar-refractivity contribution in [3.8, 4) is 0 Å². The highest BCUT2D eigenvalue weighted by atomic mass is 35.5. The van der Waals surface area contributed by atoms with Crippen molar-refractivity contribution in [3.63, 3.8) is 0 Å². The number of amides is 1. The molecule has 0 aromatic heterocycles. The first-order valence-electron chi connectivity index (χ1n) is 7.57. The number of para-hydroxylation sites is 1. The molecule has 3 rings (SSSR count). The number of rotatable bonds is 3. The van der Waals surface area contributed by atoms with Crippen LogP contribution in [0.5, 0.6) is 0 Å². The van der Waals surface area contributed by atoms with Gasteiger partial charge < -0.3 is 10.2 Å². The number of nitrogens with zero attached hydrogens (tertiary/aromatic N) is 2. The standard InChI is InChI=1S/C16H23N3O.ClH/c1-17-13-6-5-10-18(12-13)15-9-11-19(16(15)20)14-7-3-2-4-8-14;/h2-4,7-8,13,15,17H,5-6,9-12H2,1H3;1H. The zero-order valence-electron chi connectivity index (χ0n) is 12.5. The van der Waals surface area contributed by atoms with E-state index < -0.39 is 0 Å². The number of piperidine rings is 1. The number of anilines is 1. The van der Waals surface area contributed by atoms with E-state index in [0.717, 1.165) is 31.7 Å². The van der Waals surface area contributed by atoms with Gasteiger partial charge in [0.05, 0.1) is 6.04 Å². The molecule has 0 spiro atoms. The monoisotopic (exact) mass is 309 g/mol. The molecule has 116 valence electrons. The maximum Gasteiger partial charge on any atom is 0.244 e. The van der Waals surface area contributed by atoms with Gasteiger partial charge in [-0.3, -0.25) is 9.69 Å². The van der Waals surface area contributed by atoms with Crippen molar-refractivity contribution >= 4 is 24.0 Å². The molecule has 2 heterocycles. The minimum atomic E-state index is 0. The third-order valence-corrected chi connectivity index (χ3v) is 4.55. The summed E-state index contributed by atoms with van der Waals surface area (Å²) in [6.45, 7) is 2.89. The minimum Gasteiger partial charge on any atom is -0.316 e. The van der Waals surface area contributed by atoms with E-state index in [1.807, 2.05) is 42.3 Å². The fraction of sp³-hybridized carbons (Fsp3) is 0.562. The summed E-state index contributed by atoms with van der Waals surface area (Å²) in [6, 6.07) is 10.6. The van der Waals surface area contributed by atoms with E-state index in [2.05, 4.69) is 10.2 Å². The van der Waals surface area contributed by atoms with Crippen molar-refractivity contribution < 1.29 is 4.79 Å². The fourth-order valence-electron chi connectivity index (χ4n) is 3.39. The van der Waals surface area contributed by atoms with Crippen LogP contribution in [0.2, 0.25) is 0 Å². The lowest BCUT2D eigenvalue weighted by atomic mass is 10.0. The van der Waals surface area contributed by atoms with E-state index in [-0.39, 0.29) is 24.4 Å². The quantitative estimate of drug-likeness (QED) is 0.926. The normalized spacial score (nSPS) is 26.7. The number of benzene rings is 1. The van der Waals surface area contributed by atoms with Gasteiger partial charge in [-0.2, -0.15) is 0 Å². The molecule has 0 aliphatic carbocycles. The number of hydrogen-bond donors (Lipinski definition) is 1. The molecule has 0 radical (unpaired) electrons. The summed E-state index contributed by atoms with van der Waals surface area (Å²) in [5, 5.41) is 3.35. The van der Waals surface area contributed by atoms with E-state index in [0.29, 0.717) is 6.04 Å². The van der Waals surface area contributed by atoms with Gasteiger partial charge in [0, 0.05) is 24.8 Å². The Kier molecular flexibility index (Phi) is 5.62. The topological polar surface area (TPSA) is 35.6 Å². The van der Waals surface area contributed by atoms with Crippen molar-refractivity contribution in [2.24, 2.45) is 0 Å². The highest BCUT2D eigenvalue weighted by Crippen LogP contribution is 2.26. The van der Waals surface area contributed by atoms with E-state index in [1.165, 1.54) is 12.8 Å². The third-order valence-electron chi connectivity index (χ3n) is 4.55. The van der Waals surface area contributed by atoms with Gasteiger partial charge in [0.1, 0.15) is 0 Å². The summed E-state index contributed by atoms with van der Waals surface area (Å²) in [4.78, 5) is 17.0. The van der Waals surface area contributed by atoms with Crippen LogP contribution in [0, 0.1) is 0 Å². The number of likely N-dealkylation sites (N-methyl/N-ethyl adjacent to an activating group) is 1. The second-order valence-electron chi connectivity index (χ2n) is 5.75. The molecule has 2 unspecified atom stereocenters. The highest BCUT2D eigenvalue weighted by molar-refractivity contribution is 5.99. The lowest BCUT2D eigenvalue weighted by Gasteiger charge is -2.35. The van der Waals surface area contributed by atoms with Crippen LogP contribution in [-0.4, -0.2) is 49.6 Å². The Balaban J connectivity index is 0.00000161. The van der Waals surface area contributed by atoms with Crippen LogP contribution in [0.3, 0.4) is 0 Å². The lowest BCUT2D eigenvalue weighted by molar-refractivity contribution is -0.122. The van der Waals surface area contributed by atoms with Crippen LogP contribution in [0.15, 0.2) is 30.3 Å². The van der Waals surface area contributed by atoms with E-state index >= 15 is 0 Å². The number of carbonyl (C=O) groups excluding carboxylic acids is 1. The van der Waals surface area contributed by atoms with Gasteiger partial charge in [-0.15, -0.1) is 12.4 Å². The van der Waals surface area contributed by atoms with Gasteiger partial charge in [0.15, 0.2) is 0 Å². The van der Waals surface area contributed by atoms with E-state index in [9.17, 15) is 4.79 Å². The Morgan fingerprint density at radius 1 is 1.14 bits per heavy atom. The number of likely N-dealkylation sites (tertiary alicyclic amines) is 1. The van der Waals surface area contributed by atoms with Crippen LogP contribution in [-0.2, 0) is 4.79 Å². The smallest absolute Gasteiger partial charge is 0.244 e. The first-order chi connectivity index (χ1) is 9.79. The Bertz CT molecular complexity index is 468. The van der Waals surface area contributed by atoms with Gasteiger partial charge in [-0.1, -0.05) is 18.2 Å². The van der Waals surface area contributed by atoms with Gasteiger partial charge in [-0.05, 0) is 45.0 Å². The number of halogens is 1. The SMILES string of the molecule is CNC1CCCN(C2CCN(c3ccccc3)C2=O)C1.Cl. The molecule has 0 bridgehead atoms. The molecule has 4 nitrogen and oxygen atoms in total. The van der Waals surface area contributed by atoms with Crippen molar-refractivity contribution in [2.45, 2.75) is 31.3 Å². The Morgan fingerprint density at radius 2 is 1.90 bits per heavy atom. The van der Waals surface area contributed by atoms with E-state index in [4.69, 9.17) is 0 Å². The maximum absolute atomic E-state index is 12.7. The Labute approximate surface area is 132 Å². The molecule has 2 aliphatic rings. The maximum atomic E-state index is 12.7. The molecule has 1 aromatic rings. The second kappa shape index (κ2) is 7.25. The molecule has 0 saturated carbocycles. The van der Waals surface area contributed by atoms with Gasteiger partial charge in [-0.25, -0.2) is 0 Å². The van der Waals surface area contributed by atoms with Crippen molar-refractivity contribution in [1.82, 2.24) is 10.2 Å². The Hall–Kier alpha value is -1.10. The highest BCUT2D eigenvalue weighted by Gasteiger charge is 2.38. The number of hydrogen-bond acceptors (Lipinski definition) is 3. The first kappa shape index (κ1) is 16.3. The van der Waals surface area contributed by atoms with Gasteiger partial charge >= 0.3 is 0 Å². The van der Waals surface area contributed by atoms with Crippen LogP contribution in [0.25, 0.3) is 0 Å². The van der Waals surface area contributed by atoms with Crippen LogP contribution >= 0.6 is 12.4 Å². The van der Waals surface area contributed by atoms with Gasteiger partial charge in [0.2, 0.25) is 5.91 Å². The number of nitrogens with one attached hydrogen (secondary N) is 1. The summed E-state index contributed by atoms with van der Waals surface area (Å²) in [5.41, 5.74) is 1.03. The van der Waals surface area contributed by atoms with Crippen LogP contribution in [0.1, 0.15) is 19.3 Å². The second-order valence-corrected chi connectivity index (χ2v) is 5.75. The zero-order valence-corrected chi connectivity index (χ0v) is 13.3. The Morgan fingerprint density at radius 3 is 2.62 bits per heavy atom. The predicted octanol–water partition coefficient (Wildman–Crippen LogP) is 1.90. The molecule has 21 heavy (non-hydrogen) atoms. The van der Waals surface area contributed by atoms with Crippen molar-refractivity contribution in [2.75, 3.05) is 31.6 Å². The van der Waals surface area contributed by atoms with Crippen LogP contribution < -0.4 is 10.2 Å². The average Bonchev–Trinajstić information content (AvgIpc) is 2.90. The molecular weight excluding hydrogens is 286 g/mol. The predicted molar refractivity (Wildman–Crippen MR) is 88.1 cm³/mol. The average molecular weight is 310 g/mol.